The van der Waals surface area contributed by atoms with Gasteiger partial charge in [-0.2, -0.15) is 0 Å². The molecule has 4 nitrogen and oxygen atoms in total. The van der Waals surface area contributed by atoms with E-state index in [1.54, 1.807) is 17.0 Å². The SMILES string of the molecule is CSc1ncc2c(=O)n(C(C)C)ccc2n1. The van der Waals surface area contributed by atoms with Gasteiger partial charge in [0.25, 0.3) is 5.56 Å². The molecular formula is C11H13N3OS. The van der Waals surface area contributed by atoms with Gasteiger partial charge >= 0.3 is 0 Å². The predicted molar refractivity (Wildman–Crippen MR) is 66.0 cm³/mol. The van der Waals surface area contributed by atoms with Crippen molar-refractivity contribution in [1.82, 2.24) is 14.5 Å². The standard InChI is InChI=1S/C11H13N3OS/c1-7(2)14-5-4-9-8(10(14)15)6-12-11(13-9)16-3/h4-7H,1-3H3. The first-order chi connectivity index (χ1) is 7.63. The first kappa shape index (κ1) is 11.1. The fourth-order valence-corrected chi connectivity index (χ4v) is 1.88. The van der Waals surface area contributed by atoms with E-state index in [0.717, 1.165) is 0 Å². The molecule has 2 aromatic rings. The van der Waals surface area contributed by atoms with Crippen LogP contribution in [0, 0.1) is 0 Å². The van der Waals surface area contributed by atoms with Crippen LogP contribution < -0.4 is 5.56 Å². The molecule has 0 N–H and O–H groups in total. The zero-order chi connectivity index (χ0) is 11.7. The molecule has 0 aliphatic carbocycles. The van der Waals surface area contributed by atoms with Crippen LogP contribution in [0.2, 0.25) is 0 Å². The summed E-state index contributed by atoms with van der Waals surface area (Å²) in [5.74, 6) is 0. The van der Waals surface area contributed by atoms with Crippen molar-refractivity contribution in [2.24, 2.45) is 0 Å². The molecule has 0 aliphatic heterocycles. The number of hydrogen-bond donors (Lipinski definition) is 0. The molecule has 2 rings (SSSR count). The summed E-state index contributed by atoms with van der Waals surface area (Å²) in [6.07, 6.45) is 5.30. The van der Waals surface area contributed by atoms with Crippen LogP contribution in [0.4, 0.5) is 0 Å². The summed E-state index contributed by atoms with van der Waals surface area (Å²) in [7, 11) is 0. The quantitative estimate of drug-likeness (QED) is 0.590. The van der Waals surface area contributed by atoms with Crippen molar-refractivity contribution >= 4 is 22.7 Å². The summed E-state index contributed by atoms with van der Waals surface area (Å²) >= 11 is 1.47. The molecule has 0 radical (unpaired) electrons. The molecule has 0 saturated carbocycles. The minimum Gasteiger partial charge on any atom is -0.312 e. The first-order valence-electron chi connectivity index (χ1n) is 5.05. The molecule has 2 heterocycles. The Morgan fingerprint density at radius 3 is 2.81 bits per heavy atom. The predicted octanol–water partition coefficient (Wildman–Crippen LogP) is 2.09. The lowest BCUT2D eigenvalue weighted by Gasteiger charge is -2.10. The molecule has 0 unspecified atom stereocenters. The van der Waals surface area contributed by atoms with Gasteiger partial charge in [-0.3, -0.25) is 4.79 Å². The Morgan fingerprint density at radius 2 is 2.19 bits per heavy atom. The van der Waals surface area contributed by atoms with Crippen molar-refractivity contribution in [2.75, 3.05) is 6.26 Å². The number of thioether (sulfide) groups is 1. The molecule has 0 bridgehead atoms. The van der Waals surface area contributed by atoms with Gasteiger partial charge in [0.15, 0.2) is 5.16 Å². The van der Waals surface area contributed by atoms with E-state index in [9.17, 15) is 4.79 Å². The highest BCUT2D eigenvalue weighted by atomic mass is 32.2. The van der Waals surface area contributed by atoms with Gasteiger partial charge in [-0.25, -0.2) is 9.97 Å². The van der Waals surface area contributed by atoms with Crippen molar-refractivity contribution in [3.63, 3.8) is 0 Å². The molecule has 0 saturated heterocycles. The van der Waals surface area contributed by atoms with Gasteiger partial charge in [0.05, 0.1) is 10.9 Å². The van der Waals surface area contributed by atoms with E-state index in [4.69, 9.17) is 0 Å². The summed E-state index contributed by atoms with van der Waals surface area (Å²) in [6, 6.07) is 2.01. The number of rotatable bonds is 2. The number of nitrogens with zero attached hydrogens (tertiary/aromatic N) is 3. The van der Waals surface area contributed by atoms with E-state index >= 15 is 0 Å². The molecule has 2 aromatic heterocycles. The van der Waals surface area contributed by atoms with Crippen LogP contribution in [0.5, 0.6) is 0 Å². The van der Waals surface area contributed by atoms with Gasteiger partial charge < -0.3 is 4.57 Å². The van der Waals surface area contributed by atoms with E-state index in [0.29, 0.717) is 16.1 Å². The Kier molecular flexibility index (Phi) is 2.96. The number of aromatic nitrogens is 3. The molecule has 84 valence electrons. The average Bonchev–Trinajstić information content (AvgIpc) is 2.28. The highest BCUT2D eigenvalue weighted by Gasteiger charge is 2.07. The van der Waals surface area contributed by atoms with Crippen LogP contribution in [0.15, 0.2) is 28.4 Å². The second-order valence-electron chi connectivity index (χ2n) is 3.78. The van der Waals surface area contributed by atoms with Crippen molar-refractivity contribution in [3.05, 3.63) is 28.8 Å². The van der Waals surface area contributed by atoms with E-state index in [1.807, 2.05) is 26.2 Å². The number of hydrogen-bond acceptors (Lipinski definition) is 4. The number of fused-ring (bicyclic) bond motifs is 1. The van der Waals surface area contributed by atoms with Gasteiger partial charge in [0.1, 0.15) is 0 Å². The third kappa shape index (κ3) is 1.82. The zero-order valence-corrected chi connectivity index (χ0v) is 10.3. The Labute approximate surface area is 97.7 Å². The molecule has 0 aromatic carbocycles. The van der Waals surface area contributed by atoms with Crippen molar-refractivity contribution in [1.29, 1.82) is 0 Å². The normalized spacial score (nSPS) is 11.2. The Balaban J connectivity index is 2.72. The van der Waals surface area contributed by atoms with Crippen LogP contribution >= 0.6 is 11.8 Å². The third-order valence-electron chi connectivity index (χ3n) is 2.39. The van der Waals surface area contributed by atoms with Crippen LogP contribution in [-0.4, -0.2) is 20.8 Å². The van der Waals surface area contributed by atoms with Gasteiger partial charge in [0.2, 0.25) is 0 Å². The fourth-order valence-electron chi connectivity index (χ4n) is 1.53. The highest BCUT2D eigenvalue weighted by molar-refractivity contribution is 7.98. The van der Waals surface area contributed by atoms with Crippen LogP contribution in [0.3, 0.4) is 0 Å². The topological polar surface area (TPSA) is 47.8 Å². The van der Waals surface area contributed by atoms with E-state index in [-0.39, 0.29) is 11.6 Å². The third-order valence-corrected chi connectivity index (χ3v) is 2.95. The van der Waals surface area contributed by atoms with Crippen LogP contribution in [0.25, 0.3) is 10.9 Å². The van der Waals surface area contributed by atoms with Crippen LogP contribution in [-0.2, 0) is 0 Å². The Bertz CT molecular complexity index is 577. The monoisotopic (exact) mass is 235 g/mol. The van der Waals surface area contributed by atoms with Crippen molar-refractivity contribution in [2.45, 2.75) is 25.0 Å². The second-order valence-corrected chi connectivity index (χ2v) is 4.55. The van der Waals surface area contributed by atoms with Crippen molar-refractivity contribution in [3.8, 4) is 0 Å². The smallest absolute Gasteiger partial charge is 0.261 e. The summed E-state index contributed by atoms with van der Waals surface area (Å²) in [4.78, 5) is 20.5. The zero-order valence-electron chi connectivity index (χ0n) is 9.47. The lowest BCUT2D eigenvalue weighted by atomic mass is 10.3. The maximum Gasteiger partial charge on any atom is 0.261 e. The lowest BCUT2D eigenvalue weighted by molar-refractivity contribution is 0.582. The summed E-state index contributed by atoms with van der Waals surface area (Å²) in [6.45, 7) is 3.95. The molecule has 16 heavy (non-hydrogen) atoms. The molecular weight excluding hydrogens is 222 g/mol. The second kappa shape index (κ2) is 4.25. The lowest BCUT2D eigenvalue weighted by Crippen LogP contribution is -2.21. The molecule has 5 heteroatoms. The highest BCUT2D eigenvalue weighted by Crippen LogP contribution is 2.13. The maximum absolute atomic E-state index is 12.0. The van der Waals surface area contributed by atoms with Crippen molar-refractivity contribution < 1.29 is 0 Å². The van der Waals surface area contributed by atoms with Crippen LogP contribution in [0.1, 0.15) is 19.9 Å². The summed E-state index contributed by atoms with van der Waals surface area (Å²) in [5, 5.41) is 1.27. The molecule has 0 spiro atoms. The molecule has 0 fully saturated rings. The largest absolute Gasteiger partial charge is 0.312 e. The fraction of sp³-hybridized carbons (Fsp3) is 0.364. The molecule has 0 amide bonds. The van der Waals surface area contributed by atoms with E-state index in [1.165, 1.54) is 11.8 Å². The summed E-state index contributed by atoms with van der Waals surface area (Å²) < 4.78 is 1.68. The van der Waals surface area contributed by atoms with E-state index < -0.39 is 0 Å². The van der Waals surface area contributed by atoms with Gasteiger partial charge in [-0.1, -0.05) is 11.8 Å². The minimum atomic E-state index is -0.0276. The minimum absolute atomic E-state index is 0.0276. The average molecular weight is 235 g/mol. The van der Waals surface area contributed by atoms with Gasteiger partial charge in [0, 0.05) is 18.4 Å². The number of pyridine rings is 1. The van der Waals surface area contributed by atoms with E-state index in [2.05, 4.69) is 9.97 Å². The maximum atomic E-state index is 12.0. The van der Waals surface area contributed by atoms with Gasteiger partial charge in [-0.05, 0) is 26.2 Å². The molecule has 0 atom stereocenters. The van der Waals surface area contributed by atoms with Gasteiger partial charge in [-0.15, -0.1) is 0 Å². The Morgan fingerprint density at radius 1 is 1.44 bits per heavy atom. The summed E-state index contributed by atoms with van der Waals surface area (Å²) in [5.41, 5.74) is 0.682. The first-order valence-corrected chi connectivity index (χ1v) is 6.28. The molecule has 0 aliphatic rings. The Hall–Kier alpha value is -1.36.